The van der Waals surface area contributed by atoms with Gasteiger partial charge in [0.25, 0.3) is 0 Å². The van der Waals surface area contributed by atoms with Crippen molar-refractivity contribution in [3.05, 3.63) is 42.2 Å². The second-order valence-electron chi connectivity index (χ2n) is 5.45. The number of nitrogens with zero attached hydrogens (tertiary/aromatic N) is 2. The van der Waals surface area contributed by atoms with Crippen LogP contribution < -0.4 is 5.32 Å². The highest BCUT2D eigenvalue weighted by Gasteiger charge is 2.23. The van der Waals surface area contributed by atoms with Crippen LogP contribution in [-0.4, -0.2) is 38.2 Å². The first kappa shape index (κ1) is 16.8. The molecule has 0 bridgehead atoms. The van der Waals surface area contributed by atoms with Crippen LogP contribution in [0.3, 0.4) is 0 Å². The quantitative estimate of drug-likeness (QED) is 0.621. The summed E-state index contributed by atoms with van der Waals surface area (Å²) in [5, 5.41) is 21.5. The molecular weight excluding hydrogens is 342 g/mol. The molecule has 2 aromatic heterocycles. The van der Waals surface area contributed by atoms with Gasteiger partial charge in [0.05, 0.1) is 11.8 Å². The molecule has 8 heteroatoms. The Morgan fingerprint density at radius 2 is 1.92 bits per heavy atom. The molecule has 0 saturated heterocycles. The van der Waals surface area contributed by atoms with E-state index in [2.05, 4.69) is 15.3 Å². The van der Waals surface area contributed by atoms with Gasteiger partial charge in [-0.3, -0.25) is 4.79 Å². The van der Waals surface area contributed by atoms with Crippen molar-refractivity contribution in [3.8, 4) is 10.4 Å². The molecule has 7 nitrogen and oxygen atoms in total. The maximum absolute atomic E-state index is 11.3. The smallest absolute Gasteiger partial charge is 0.326 e. The second-order valence-corrected chi connectivity index (χ2v) is 6.48. The van der Waals surface area contributed by atoms with Gasteiger partial charge in [0, 0.05) is 4.88 Å². The molecule has 0 aliphatic heterocycles. The Bertz CT molecular complexity index is 940. The van der Waals surface area contributed by atoms with E-state index in [1.165, 1.54) is 11.3 Å². The number of fused-ring (bicyclic) bond motifs is 1. The van der Waals surface area contributed by atoms with Crippen molar-refractivity contribution in [2.45, 2.75) is 19.4 Å². The van der Waals surface area contributed by atoms with Gasteiger partial charge in [0.2, 0.25) is 0 Å². The van der Waals surface area contributed by atoms with E-state index in [-0.39, 0.29) is 0 Å². The highest BCUT2D eigenvalue weighted by molar-refractivity contribution is 7.21. The molecule has 25 heavy (non-hydrogen) atoms. The lowest BCUT2D eigenvalue weighted by atomic mass is 10.1. The number of nitrogens with one attached hydrogen (secondary N) is 1. The Labute approximate surface area is 147 Å². The van der Waals surface area contributed by atoms with Gasteiger partial charge in [0.1, 0.15) is 22.5 Å². The molecule has 1 atom stereocenters. The summed E-state index contributed by atoms with van der Waals surface area (Å²) in [6, 6.07) is 10.4. The first-order chi connectivity index (χ1) is 11.9. The molecule has 0 saturated carbocycles. The van der Waals surface area contributed by atoms with Gasteiger partial charge >= 0.3 is 11.9 Å². The predicted molar refractivity (Wildman–Crippen MR) is 94.9 cm³/mol. The van der Waals surface area contributed by atoms with Crippen LogP contribution in [0.5, 0.6) is 0 Å². The van der Waals surface area contributed by atoms with E-state index in [9.17, 15) is 14.7 Å². The van der Waals surface area contributed by atoms with E-state index < -0.39 is 24.4 Å². The van der Waals surface area contributed by atoms with Crippen LogP contribution in [0.4, 0.5) is 5.82 Å². The van der Waals surface area contributed by atoms with Crippen molar-refractivity contribution in [3.63, 3.8) is 0 Å². The fourth-order valence-electron chi connectivity index (χ4n) is 2.42. The summed E-state index contributed by atoms with van der Waals surface area (Å²) in [4.78, 5) is 32.6. The van der Waals surface area contributed by atoms with E-state index in [0.29, 0.717) is 21.9 Å². The average Bonchev–Trinajstić information content (AvgIpc) is 2.98. The molecule has 3 rings (SSSR count). The maximum Gasteiger partial charge on any atom is 0.326 e. The molecule has 2 heterocycles. The number of hydrogen-bond donors (Lipinski definition) is 3. The molecular formula is C17H15N3O4S. The van der Waals surface area contributed by atoms with E-state index >= 15 is 0 Å². The lowest BCUT2D eigenvalue weighted by Crippen LogP contribution is -2.32. The van der Waals surface area contributed by atoms with Gasteiger partial charge in [-0.05, 0) is 18.6 Å². The van der Waals surface area contributed by atoms with Crippen molar-refractivity contribution >= 4 is 39.3 Å². The fourth-order valence-corrected chi connectivity index (χ4v) is 3.50. The minimum absolute atomic E-state index is 0.328. The molecule has 3 aromatic rings. The largest absolute Gasteiger partial charge is 0.481 e. The number of rotatable bonds is 6. The zero-order chi connectivity index (χ0) is 18.0. The Kier molecular flexibility index (Phi) is 4.62. The molecule has 128 valence electrons. The molecule has 0 spiro atoms. The standard InChI is InChI=1S/C17H15N3O4S/c1-9-18-15(20-12(17(23)24)8-14(21)22)11-7-13(25-16(11)19-9)10-5-3-2-4-6-10/h2-7,12H,8H2,1H3,(H,21,22)(H,23,24)(H,18,19,20). The van der Waals surface area contributed by atoms with Crippen molar-refractivity contribution in [1.82, 2.24) is 9.97 Å². The number of aromatic nitrogens is 2. The summed E-state index contributed by atoms with van der Waals surface area (Å²) >= 11 is 1.47. The highest BCUT2D eigenvalue weighted by Crippen LogP contribution is 2.35. The zero-order valence-corrected chi connectivity index (χ0v) is 14.1. The van der Waals surface area contributed by atoms with Crippen molar-refractivity contribution in [2.75, 3.05) is 5.32 Å². The first-order valence-electron chi connectivity index (χ1n) is 7.49. The van der Waals surface area contributed by atoms with E-state index in [0.717, 1.165) is 10.4 Å². The van der Waals surface area contributed by atoms with E-state index in [4.69, 9.17) is 5.11 Å². The Balaban J connectivity index is 2.04. The summed E-state index contributed by atoms with van der Waals surface area (Å²) in [5.74, 6) is -1.63. The molecule has 0 aliphatic rings. The molecule has 0 radical (unpaired) electrons. The van der Waals surface area contributed by atoms with Crippen LogP contribution >= 0.6 is 11.3 Å². The number of hydrogen-bond acceptors (Lipinski definition) is 6. The summed E-state index contributed by atoms with van der Waals surface area (Å²) in [7, 11) is 0. The van der Waals surface area contributed by atoms with Crippen LogP contribution in [0.1, 0.15) is 12.2 Å². The normalized spacial score (nSPS) is 12.0. The van der Waals surface area contributed by atoms with Gasteiger partial charge < -0.3 is 15.5 Å². The summed E-state index contributed by atoms with van der Waals surface area (Å²) in [5.41, 5.74) is 1.02. The summed E-state index contributed by atoms with van der Waals surface area (Å²) < 4.78 is 0. The number of benzene rings is 1. The lowest BCUT2D eigenvalue weighted by Gasteiger charge is -2.13. The van der Waals surface area contributed by atoms with Crippen molar-refractivity contribution in [2.24, 2.45) is 0 Å². The van der Waals surface area contributed by atoms with Crippen LogP contribution in [0.15, 0.2) is 36.4 Å². The van der Waals surface area contributed by atoms with Gasteiger partial charge in [-0.1, -0.05) is 30.3 Å². The van der Waals surface area contributed by atoms with Crippen LogP contribution in [0.2, 0.25) is 0 Å². The Morgan fingerprint density at radius 1 is 1.20 bits per heavy atom. The Morgan fingerprint density at radius 3 is 2.56 bits per heavy atom. The van der Waals surface area contributed by atoms with Gasteiger partial charge in [-0.2, -0.15) is 0 Å². The molecule has 1 unspecified atom stereocenters. The number of carboxylic acids is 2. The second kappa shape index (κ2) is 6.86. The number of thiophene rings is 1. The molecule has 1 aromatic carbocycles. The van der Waals surface area contributed by atoms with Crippen LogP contribution in [0.25, 0.3) is 20.7 Å². The van der Waals surface area contributed by atoms with Gasteiger partial charge in [-0.15, -0.1) is 11.3 Å². The molecule has 3 N–H and O–H groups in total. The third kappa shape index (κ3) is 3.74. The third-order valence-electron chi connectivity index (χ3n) is 3.55. The van der Waals surface area contributed by atoms with Crippen molar-refractivity contribution in [1.29, 1.82) is 0 Å². The fraction of sp³-hybridized carbons (Fsp3) is 0.176. The Hall–Kier alpha value is -3.00. The number of anilines is 1. The predicted octanol–water partition coefficient (Wildman–Crippen LogP) is 3.01. The molecule has 0 fully saturated rings. The minimum atomic E-state index is -1.27. The summed E-state index contributed by atoms with van der Waals surface area (Å²) in [6.07, 6.45) is -0.546. The number of carbonyl (C=O) groups is 2. The van der Waals surface area contributed by atoms with E-state index in [1.54, 1.807) is 6.92 Å². The monoisotopic (exact) mass is 357 g/mol. The van der Waals surface area contributed by atoms with Gasteiger partial charge in [0.15, 0.2) is 0 Å². The lowest BCUT2D eigenvalue weighted by molar-refractivity contribution is -0.144. The van der Waals surface area contributed by atoms with Crippen molar-refractivity contribution < 1.29 is 19.8 Å². The minimum Gasteiger partial charge on any atom is -0.481 e. The number of carboxylic acid groups (broad SMARTS) is 2. The number of aryl methyl sites for hydroxylation is 1. The average molecular weight is 357 g/mol. The molecule has 0 aliphatic carbocycles. The topological polar surface area (TPSA) is 112 Å². The molecule has 0 amide bonds. The first-order valence-corrected chi connectivity index (χ1v) is 8.30. The van der Waals surface area contributed by atoms with Gasteiger partial charge in [-0.25, -0.2) is 14.8 Å². The summed E-state index contributed by atoms with van der Waals surface area (Å²) in [6.45, 7) is 1.71. The van der Waals surface area contributed by atoms with Crippen LogP contribution in [-0.2, 0) is 9.59 Å². The van der Waals surface area contributed by atoms with Crippen LogP contribution in [0, 0.1) is 6.92 Å². The maximum atomic E-state index is 11.3. The zero-order valence-electron chi connectivity index (χ0n) is 13.3. The SMILES string of the molecule is Cc1nc(NC(CC(=O)O)C(=O)O)c2cc(-c3ccccc3)sc2n1. The van der Waals surface area contributed by atoms with E-state index in [1.807, 2.05) is 36.4 Å². The third-order valence-corrected chi connectivity index (χ3v) is 4.63. The number of aliphatic carboxylic acids is 2. The highest BCUT2D eigenvalue weighted by atomic mass is 32.1.